The van der Waals surface area contributed by atoms with Crippen molar-refractivity contribution in [3.8, 4) is 0 Å². The number of nitrogens with one attached hydrogen (secondary N) is 1. The van der Waals surface area contributed by atoms with Crippen LogP contribution in [0, 0.1) is 5.92 Å². The molecule has 0 bridgehead atoms. The summed E-state index contributed by atoms with van der Waals surface area (Å²) >= 11 is 1.51. The highest BCUT2D eigenvalue weighted by molar-refractivity contribution is 7.12. The molecule has 2 amide bonds. The van der Waals surface area contributed by atoms with E-state index in [1.165, 1.54) is 11.3 Å². The molecule has 2 aliphatic heterocycles. The molecule has 3 heterocycles. The zero-order chi connectivity index (χ0) is 18.4. The summed E-state index contributed by atoms with van der Waals surface area (Å²) in [6, 6.07) is 4.31. The highest BCUT2D eigenvalue weighted by Gasteiger charge is 2.32. The maximum atomic E-state index is 12.5. The third kappa shape index (κ3) is 4.84. The number of nitrogens with zero attached hydrogens (tertiary/aromatic N) is 2. The Bertz CT molecular complexity index is 585. The van der Waals surface area contributed by atoms with Gasteiger partial charge >= 0.3 is 0 Å². The molecule has 0 aromatic carbocycles. The van der Waals surface area contributed by atoms with E-state index in [4.69, 9.17) is 4.74 Å². The number of hydrogen-bond donors (Lipinski definition) is 1. The molecule has 0 aliphatic carbocycles. The summed E-state index contributed by atoms with van der Waals surface area (Å²) in [5, 5.41) is 4.92. The molecule has 1 aromatic heterocycles. The zero-order valence-electron chi connectivity index (χ0n) is 15.5. The summed E-state index contributed by atoms with van der Waals surface area (Å²) in [6.45, 7) is 4.65. The minimum atomic E-state index is 0.0754. The van der Waals surface area contributed by atoms with Gasteiger partial charge in [0.15, 0.2) is 0 Å². The first-order valence-electron chi connectivity index (χ1n) is 9.52. The molecule has 7 heteroatoms. The van der Waals surface area contributed by atoms with E-state index < -0.39 is 0 Å². The van der Waals surface area contributed by atoms with Crippen LogP contribution in [0.2, 0.25) is 0 Å². The summed E-state index contributed by atoms with van der Waals surface area (Å²) in [7, 11) is 1.64. The molecule has 3 rings (SSSR count). The third-order valence-electron chi connectivity index (χ3n) is 5.43. The molecular formula is C19H29N3O3S. The molecule has 1 aromatic rings. The van der Waals surface area contributed by atoms with Crippen LogP contribution in [-0.2, 0) is 9.53 Å². The molecule has 0 spiro atoms. The number of ether oxygens (including phenoxy) is 1. The van der Waals surface area contributed by atoms with Crippen LogP contribution < -0.4 is 5.32 Å². The topological polar surface area (TPSA) is 61.9 Å². The smallest absolute Gasteiger partial charge is 0.263 e. The number of amides is 2. The van der Waals surface area contributed by atoms with Gasteiger partial charge in [0, 0.05) is 39.3 Å². The third-order valence-corrected chi connectivity index (χ3v) is 6.29. The molecule has 0 saturated carbocycles. The fraction of sp³-hybridized carbons (Fsp3) is 0.684. The monoisotopic (exact) mass is 379 g/mol. The average molecular weight is 380 g/mol. The van der Waals surface area contributed by atoms with E-state index in [1.807, 2.05) is 22.4 Å². The van der Waals surface area contributed by atoms with E-state index in [0.29, 0.717) is 19.2 Å². The van der Waals surface area contributed by atoms with Gasteiger partial charge in [-0.1, -0.05) is 6.07 Å². The zero-order valence-corrected chi connectivity index (χ0v) is 16.3. The molecule has 0 radical (unpaired) electrons. The van der Waals surface area contributed by atoms with Gasteiger partial charge in [0.2, 0.25) is 5.91 Å². The lowest BCUT2D eigenvalue weighted by atomic mass is 9.93. The number of carbonyl (C=O) groups excluding carboxylic acids is 2. The second-order valence-electron chi connectivity index (χ2n) is 7.12. The predicted molar refractivity (Wildman–Crippen MR) is 102 cm³/mol. The Morgan fingerprint density at radius 3 is 2.77 bits per heavy atom. The molecule has 1 N–H and O–H groups in total. The predicted octanol–water partition coefficient (Wildman–Crippen LogP) is 1.83. The SMILES string of the molecule is COCCNC(=O)C1CCCN(C2CCN(C(=O)c3cccs3)CC2)C1. The molecule has 2 aliphatic rings. The van der Waals surface area contributed by atoms with Crippen LogP contribution >= 0.6 is 11.3 Å². The van der Waals surface area contributed by atoms with E-state index in [1.54, 1.807) is 7.11 Å². The largest absolute Gasteiger partial charge is 0.383 e. The second kappa shape index (κ2) is 9.48. The van der Waals surface area contributed by atoms with Gasteiger partial charge in [-0.25, -0.2) is 0 Å². The lowest BCUT2D eigenvalue weighted by Gasteiger charge is -2.42. The molecule has 1 atom stereocenters. The van der Waals surface area contributed by atoms with Gasteiger partial charge in [-0.15, -0.1) is 11.3 Å². The van der Waals surface area contributed by atoms with Gasteiger partial charge in [-0.3, -0.25) is 14.5 Å². The van der Waals surface area contributed by atoms with Crippen LogP contribution in [0.5, 0.6) is 0 Å². The molecule has 26 heavy (non-hydrogen) atoms. The van der Waals surface area contributed by atoms with Crippen molar-refractivity contribution >= 4 is 23.2 Å². The molecule has 2 fully saturated rings. The van der Waals surface area contributed by atoms with E-state index >= 15 is 0 Å². The normalized spacial score (nSPS) is 22.3. The van der Waals surface area contributed by atoms with Crippen molar-refractivity contribution in [1.29, 1.82) is 0 Å². The summed E-state index contributed by atoms with van der Waals surface area (Å²) in [4.78, 5) is 30.1. The summed E-state index contributed by atoms with van der Waals surface area (Å²) in [5.74, 6) is 0.385. The number of thiophene rings is 1. The minimum Gasteiger partial charge on any atom is -0.383 e. The van der Waals surface area contributed by atoms with E-state index in [0.717, 1.165) is 56.7 Å². The van der Waals surface area contributed by atoms with E-state index in [9.17, 15) is 9.59 Å². The van der Waals surface area contributed by atoms with Gasteiger partial charge in [0.1, 0.15) is 0 Å². The van der Waals surface area contributed by atoms with Gasteiger partial charge < -0.3 is 15.0 Å². The van der Waals surface area contributed by atoms with Gasteiger partial charge in [-0.2, -0.15) is 0 Å². The van der Waals surface area contributed by atoms with Crippen molar-refractivity contribution in [2.45, 2.75) is 31.7 Å². The number of hydrogen-bond acceptors (Lipinski definition) is 5. The van der Waals surface area contributed by atoms with Gasteiger partial charge in [0.05, 0.1) is 17.4 Å². The molecule has 6 nitrogen and oxygen atoms in total. The summed E-state index contributed by atoms with van der Waals surface area (Å²) in [5.41, 5.74) is 0. The van der Waals surface area contributed by atoms with E-state index in [2.05, 4.69) is 10.2 Å². The Morgan fingerprint density at radius 2 is 2.08 bits per heavy atom. The van der Waals surface area contributed by atoms with Crippen molar-refractivity contribution in [2.75, 3.05) is 46.4 Å². The lowest BCUT2D eigenvalue weighted by Crippen LogP contribution is -2.51. The van der Waals surface area contributed by atoms with Crippen LogP contribution in [0.15, 0.2) is 17.5 Å². The minimum absolute atomic E-state index is 0.0754. The highest BCUT2D eigenvalue weighted by atomic mass is 32.1. The highest BCUT2D eigenvalue weighted by Crippen LogP contribution is 2.25. The lowest BCUT2D eigenvalue weighted by molar-refractivity contribution is -0.127. The van der Waals surface area contributed by atoms with Crippen LogP contribution in [0.4, 0.5) is 0 Å². The van der Waals surface area contributed by atoms with Crippen LogP contribution in [0.1, 0.15) is 35.4 Å². The fourth-order valence-corrected chi connectivity index (χ4v) is 4.65. The Labute approximate surface area is 159 Å². The van der Waals surface area contributed by atoms with Crippen LogP contribution in [0.3, 0.4) is 0 Å². The Kier molecular flexibility index (Phi) is 7.05. The summed E-state index contributed by atoms with van der Waals surface area (Å²) < 4.78 is 5.00. The maximum Gasteiger partial charge on any atom is 0.263 e. The molecule has 2 saturated heterocycles. The Hall–Kier alpha value is -1.44. The molecular weight excluding hydrogens is 350 g/mol. The van der Waals surface area contributed by atoms with Crippen molar-refractivity contribution in [3.05, 3.63) is 22.4 Å². The maximum absolute atomic E-state index is 12.5. The Balaban J connectivity index is 1.46. The van der Waals surface area contributed by atoms with Crippen molar-refractivity contribution in [1.82, 2.24) is 15.1 Å². The van der Waals surface area contributed by atoms with Crippen LogP contribution in [-0.4, -0.2) is 74.1 Å². The van der Waals surface area contributed by atoms with Gasteiger partial charge in [-0.05, 0) is 43.7 Å². The quantitative estimate of drug-likeness (QED) is 0.766. The number of carbonyl (C=O) groups is 2. The standard InChI is InChI=1S/C19H29N3O3S/c1-25-12-8-20-18(23)15-4-2-9-22(14-15)16-6-10-21(11-7-16)19(24)17-5-3-13-26-17/h3,5,13,15-16H,2,4,6-12,14H2,1H3,(H,20,23). The Morgan fingerprint density at radius 1 is 1.27 bits per heavy atom. The van der Waals surface area contributed by atoms with Gasteiger partial charge in [0.25, 0.3) is 5.91 Å². The molecule has 1 unspecified atom stereocenters. The summed E-state index contributed by atoms with van der Waals surface area (Å²) in [6.07, 6.45) is 4.02. The molecule has 144 valence electrons. The average Bonchev–Trinajstić information content (AvgIpc) is 3.22. The van der Waals surface area contributed by atoms with E-state index in [-0.39, 0.29) is 17.7 Å². The number of methoxy groups -OCH3 is 1. The van der Waals surface area contributed by atoms with Crippen molar-refractivity contribution in [3.63, 3.8) is 0 Å². The van der Waals surface area contributed by atoms with Crippen molar-refractivity contribution < 1.29 is 14.3 Å². The number of rotatable bonds is 6. The first kappa shape index (κ1) is 19.3. The second-order valence-corrected chi connectivity index (χ2v) is 8.07. The number of likely N-dealkylation sites (tertiary alicyclic amines) is 2. The van der Waals surface area contributed by atoms with Crippen LogP contribution in [0.25, 0.3) is 0 Å². The first-order chi connectivity index (χ1) is 12.7. The number of piperidine rings is 2. The first-order valence-corrected chi connectivity index (χ1v) is 10.4. The van der Waals surface area contributed by atoms with Crippen molar-refractivity contribution in [2.24, 2.45) is 5.92 Å². The fourth-order valence-electron chi connectivity index (χ4n) is 3.96.